The third kappa shape index (κ3) is 3.57. The van der Waals surface area contributed by atoms with E-state index in [1.807, 2.05) is 19.3 Å². The normalized spacial score (nSPS) is 13.2. The van der Waals surface area contributed by atoms with Crippen molar-refractivity contribution in [3.8, 4) is 0 Å². The lowest BCUT2D eigenvalue weighted by atomic mass is 10.3. The number of hydrogen-bond acceptors (Lipinski definition) is 3. The van der Waals surface area contributed by atoms with E-state index < -0.39 is 0 Å². The van der Waals surface area contributed by atoms with Gasteiger partial charge in [-0.15, -0.1) is 0 Å². The van der Waals surface area contributed by atoms with Crippen molar-refractivity contribution >= 4 is 0 Å². The van der Waals surface area contributed by atoms with E-state index in [1.54, 1.807) is 11.8 Å². The van der Waals surface area contributed by atoms with Gasteiger partial charge < -0.3 is 10.1 Å². The van der Waals surface area contributed by atoms with E-state index in [-0.39, 0.29) is 0 Å². The van der Waals surface area contributed by atoms with Gasteiger partial charge in [0.25, 0.3) is 0 Å². The molecule has 0 saturated heterocycles. The van der Waals surface area contributed by atoms with Crippen molar-refractivity contribution in [2.45, 2.75) is 19.5 Å². The maximum Gasteiger partial charge on any atom is 0.0762 e. The third-order valence-corrected chi connectivity index (χ3v) is 1.82. The van der Waals surface area contributed by atoms with Crippen LogP contribution in [-0.4, -0.2) is 29.5 Å². The summed E-state index contributed by atoms with van der Waals surface area (Å²) in [4.78, 5) is 0. The molecule has 1 aromatic heterocycles. The highest BCUT2D eigenvalue weighted by Gasteiger charge is 2.01. The smallest absolute Gasteiger partial charge is 0.0762 e. The van der Waals surface area contributed by atoms with Crippen molar-refractivity contribution in [3.05, 3.63) is 18.0 Å². The van der Waals surface area contributed by atoms with E-state index in [9.17, 15) is 0 Å². The molecule has 0 aromatic carbocycles. The Morgan fingerprint density at radius 3 is 3.00 bits per heavy atom. The zero-order valence-electron chi connectivity index (χ0n) is 8.45. The Morgan fingerprint density at radius 1 is 1.69 bits per heavy atom. The van der Waals surface area contributed by atoms with Crippen LogP contribution in [0.25, 0.3) is 0 Å². The van der Waals surface area contributed by atoms with Gasteiger partial charge in [0.05, 0.1) is 12.3 Å². The first-order valence-corrected chi connectivity index (χ1v) is 4.43. The molecule has 13 heavy (non-hydrogen) atoms. The summed E-state index contributed by atoms with van der Waals surface area (Å²) in [7, 11) is 3.63. The van der Waals surface area contributed by atoms with Crippen LogP contribution in [0.2, 0.25) is 0 Å². The van der Waals surface area contributed by atoms with Gasteiger partial charge in [-0.25, -0.2) is 0 Å². The minimum Gasteiger partial charge on any atom is -0.383 e. The van der Waals surface area contributed by atoms with Gasteiger partial charge in [0.1, 0.15) is 0 Å². The molecule has 0 saturated carbocycles. The fraction of sp³-hybridized carbons (Fsp3) is 0.667. The van der Waals surface area contributed by atoms with Gasteiger partial charge in [-0.3, -0.25) is 4.68 Å². The number of ether oxygens (including phenoxy) is 1. The van der Waals surface area contributed by atoms with E-state index in [4.69, 9.17) is 4.74 Å². The molecule has 1 aromatic rings. The van der Waals surface area contributed by atoms with Crippen LogP contribution in [0, 0.1) is 0 Å². The van der Waals surface area contributed by atoms with Gasteiger partial charge in [0.2, 0.25) is 0 Å². The minimum absolute atomic E-state index is 0.368. The fourth-order valence-electron chi connectivity index (χ4n) is 1.15. The first kappa shape index (κ1) is 10.2. The predicted molar refractivity (Wildman–Crippen MR) is 51.4 cm³/mol. The molecule has 0 radical (unpaired) electrons. The Morgan fingerprint density at radius 2 is 2.46 bits per heavy atom. The van der Waals surface area contributed by atoms with Crippen molar-refractivity contribution in [2.75, 3.05) is 13.7 Å². The Labute approximate surface area is 78.9 Å². The van der Waals surface area contributed by atoms with Gasteiger partial charge in [0.15, 0.2) is 0 Å². The van der Waals surface area contributed by atoms with Crippen LogP contribution in [0.3, 0.4) is 0 Å². The molecule has 1 rings (SSSR count). The second-order valence-electron chi connectivity index (χ2n) is 3.22. The molecule has 1 atom stereocenters. The second kappa shape index (κ2) is 4.99. The summed E-state index contributed by atoms with van der Waals surface area (Å²) in [6, 6.07) is 2.37. The number of methoxy groups -OCH3 is 1. The topological polar surface area (TPSA) is 39.1 Å². The third-order valence-electron chi connectivity index (χ3n) is 1.82. The quantitative estimate of drug-likeness (QED) is 0.724. The number of rotatable bonds is 5. The first-order chi connectivity index (χ1) is 6.22. The van der Waals surface area contributed by atoms with Crippen LogP contribution < -0.4 is 5.32 Å². The highest BCUT2D eigenvalue weighted by Crippen LogP contribution is 1.94. The van der Waals surface area contributed by atoms with Crippen LogP contribution in [0.5, 0.6) is 0 Å². The zero-order chi connectivity index (χ0) is 9.68. The summed E-state index contributed by atoms with van der Waals surface area (Å²) in [6.45, 7) is 3.62. The summed E-state index contributed by atoms with van der Waals surface area (Å²) >= 11 is 0. The average Bonchev–Trinajstić information content (AvgIpc) is 2.49. The van der Waals surface area contributed by atoms with Crippen molar-refractivity contribution in [1.82, 2.24) is 15.1 Å². The van der Waals surface area contributed by atoms with E-state index in [0.29, 0.717) is 6.04 Å². The Bertz CT molecular complexity index is 247. The van der Waals surface area contributed by atoms with Crippen molar-refractivity contribution in [2.24, 2.45) is 7.05 Å². The molecular formula is C9H17N3O. The molecule has 0 amide bonds. The largest absolute Gasteiger partial charge is 0.383 e. The van der Waals surface area contributed by atoms with Crippen LogP contribution in [0.4, 0.5) is 0 Å². The lowest BCUT2D eigenvalue weighted by molar-refractivity contribution is 0.171. The van der Waals surface area contributed by atoms with Crippen molar-refractivity contribution < 1.29 is 4.74 Å². The molecule has 0 aliphatic rings. The van der Waals surface area contributed by atoms with Gasteiger partial charge in [-0.05, 0) is 13.0 Å². The summed E-state index contributed by atoms with van der Waals surface area (Å²) in [5.41, 5.74) is 1.06. The molecule has 4 nitrogen and oxygen atoms in total. The zero-order valence-corrected chi connectivity index (χ0v) is 8.45. The summed E-state index contributed by atoms with van der Waals surface area (Å²) in [5.74, 6) is 0. The number of nitrogens with zero attached hydrogens (tertiary/aromatic N) is 2. The summed E-state index contributed by atoms with van der Waals surface area (Å²) < 4.78 is 6.81. The molecular weight excluding hydrogens is 166 g/mol. The van der Waals surface area contributed by atoms with Crippen LogP contribution >= 0.6 is 0 Å². The maximum absolute atomic E-state index is 5.01. The average molecular weight is 183 g/mol. The van der Waals surface area contributed by atoms with Crippen molar-refractivity contribution in [3.63, 3.8) is 0 Å². The SMILES string of the molecule is COCC(C)NCc1ccn(C)n1. The molecule has 0 aliphatic heterocycles. The molecule has 1 N–H and O–H groups in total. The molecule has 4 heteroatoms. The number of nitrogens with one attached hydrogen (secondary N) is 1. The van der Waals surface area contributed by atoms with Gasteiger partial charge in [-0.1, -0.05) is 0 Å². The molecule has 0 aliphatic carbocycles. The Balaban J connectivity index is 2.26. The fourth-order valence-corrected chi connectivity index (χ4v) is 1.15. The van der Waals surface area contributed by atoms with E-state index >= 15 is 0 Å². The number of hydrogen-bond donors (Lipinski definition) is 1. The summed E-state index contributed by atoms with van der Waals surface area (Å²) in [5, 5.41) is 7.57. The highest BCUT2D eigenvalue weighted by molar-refractivity contribution is 4.98. The van der Waals surface area contributed by atoms with E-state index in [0.717, 1.165) is 18.8 Å². The maximum atomic E-state index is 5.01. The second-order valence-corrected chi connectivity index (χ2v) is 3.22. The van der Waals surface area contributed by atoms with E-state index in [1.165, 1.54) is 0 Å². The molecule has 0 spiro atoms. The Hall–Kier alpha value is -0.870. The lowest BCUT2D eigenvalue weighted by Crippen LogP contribution is -2.29. The van der Waals surface area contributed by atoms with Crippen LogP contribution in [0.15, 0.2) is 12.3 Å². The molecule has 74 valence electrons. The van der Waals surface area contributed by atoms with Gasteiger partial charge >= 0.3 is 0 Å². The van der Waals surface area contributed by atoms with Crippen LogP contribution in [-0.2, 0) is 18.3 Å². The Kier molecular flexibility index (Phi) is 3.92. The molecule has 1 heterocycles. The summed E-state index contributed by atoms with van der Waals surface area (Å²) in [6.07, 6.45) is 1.94. The lowest BCUT2D eigenvalue weighted by Gasteiger charge is -2.10. The molecule has 0 fully saturated rings. The monoisotopic (exact) mass is 183 g/mol. The van der Waals surface area contributed by atoms with E-state index in [2.05, 4.69) is 17.3 Å². The highest BCUT2D eigenvalue weighted by atomic mass is 16.5. The van der Waals surface area contributed by atoms with Gasteiger partial charge in [0, 0.05) is 32.9 Å². The minimum atomic E-state index is 0.368. The molecule has 1 unspecified atom stereocenters. The standard InChI is InChI=1S/C9H17N3O/c1-8(7-13-3)10-6-9-4-5-12(2)11-9/h4-5,8,10H,6-7H2,1-3H3. The first-order valence-electron chi connectivity index (χ1n) is 4.43. The predicted octanol–water partition coefficient (Wildman–Crippen LogP) is 0.545. The van der Waals surface area contributed by atoms with Crippen LogP contribution in [0.1, 0.15) is 12.6 Å². The van der Waals surface area contributed by atoms with Crippen molar-refractivity contribution in [1.29, 1.82) is 0 Å². The van der Waals surface area contributed by atoms with Gasteiger partial charge in [-0.2, -0.15) is 5.10 Å². The number of aryl methyl sites for hydroxylation is 1. The number of aromatic nitrogens is 2. The molecule has 0 bridgehead atoms.